The Morgan fingerprint density at radius 3 is 1.27 bits per heavy atom. The molecular weight excluding hydrogens is 521 g/mol. The molecular formula is C38H50S2. The van der Waals surface area contributed by atoms with Gasteiger partial charge in [0.25, 0.3) is 0 Å². The zero-order chi connectivity index (χ0) is 28.2. The molecule has 0 nitrogen and oxygen atoms in total. The van der Waals surface area contributed by atoms with Crippen LogP contribution in [0, 0.1) is 13.8 Å². The summed E-state index contributed by atoms with van der Waals surface area (Å²) in [6.45, 7) is 12.2. The van der Waals surface area contributed by atoms with E-state index in [1.54, 1.807) is 9.75 Å². The molecule has 0 aliphatic rings. The van der Waals surface area contributed by atoms with Gasteiger partial charge in [-0.05, 0) is 135 Å². The first kappa shape index (κ1) is 30.8. The van der Waals surface area contributed by atoms with Crippen LogP contribution in [0.4, 0.5) is 0 Å². The van der Waals surface area contributed by atoms with Crippen molar-refractivity contribution in [3.8, 4) is 11.1 Å². The molecule has 2 heterocycles. The maximum atomic E-state index is 3.83. The Kier molecular flexibility index (Phi) is 12.6. The van der Waals surface area contributed by atoms with Crippen LogP contribution >= 0.6 is 22.7 Å². The van der Waals surface area contributed by atoms with Crippen molar-refractivity contribution in [3.63, 3.8) is 0 Å². The Morgan fingerprint density at radius 2 is 0.875 bits per heavy atom. The van der Waals surface area contributed by atoms with Gasteiger partial charge in [0.05, 0.1) is 0 Å². The zero-order valence-corrected chi connectivity index (χ0v) is 26.8. The van der Waals surface area contributed by atoms with E-state index in [-0.39, 0.29) is 0 Å². The van der Waals surface area contributed by atoms with Crippen molar-refractivity contribution in [2.75, 3.05) is 0 Å². The molecule has 0 fully saturated rings. The quantitative estimate of drug-likeness (QED) is 0.0777. The molecule has 0 radical (unpaired) electrons. The molecule has 0 spiro atoms. The van der Waals surface area contributed by atoms with Gasteiger partial charge in [0.2, 0.25) is 0 Å². The third-order valence-corrected chi connectivity index (χ3v) is 10.6. The summed E-state index contributed by atoms with van der Waals surface area (Å²) < 4.78 is 2.89. The average Bonchev–Trinajstić information content (AvgIpc) is 3.53. The summed E-state index contributed by atoms with van der Waals surface area (Å²) in [7, 11) is 0. The van der Waals surface area contributed by atoms with Crippen molar-refractivity contribution in [2.24, 2.45) is 0 Å². The third kappa shape index (κ3) is 8.92. The normalized spacial score (nSPS) is 11.6. The Morgan fingerprint density at radius 1 is 0.500 bits per heavy atom. The van der Waals surface area contributed by atoms with Gasteiger partial charge in [0.15, 0.2) is 0 Å². The monoisotopic (exact) mass is 570 g/mol. The number of aryl methyl sites for hydroxylation is 4. The summed E-state index contributed by atoms with van der Waals surface area (Å²) in [6, 6.07) is 14.7. The first-order valence-corrected chi connectivity index (χ1v) is 17.5. The first-order valence-electron chi connectivity index (χ1n) is 15.9. The fraction of sp³-hybridized carbons (Fsp3) is 0.474. The van der Waals surface area contributed by atoms with Crippen LogP contribution < -0.4 is 0 Å². The standard InChI is InChI=1S/C38H50S2/c1-5-7-9-11-13-15-17-19-21-33-25-31-27-35(29(3)23-37(31)39-33)36-28-32-26-34(40-38(32)24-30(36)4)22-20-18-16-14-12-10-8-6-2/h5-6,23-28H,1-2,7-22H2,3-4H3. The SMILES string of the molecule is C=CCCCCCCCCc1cc2cc(-c3cc4cc(CCCCCCCCC=C)sc4cc3C)c(C)cc2s1. The van der Waals surface area contributed by atoms with Crippen molar-refractivity contribution >= 4 is 42.8 Å². The minimum atomic E-state index is 1.17. The van der Waals surface area contributed by atoms with E-state index in [0.29, 0.717) is 0 Å². The molecule has 2 aromatic heterocycles. The number of thiophene rings is 2. The highest BCUT2D eigenvalue weighted by Gasteiger charge is 2.12. The zero-order valence-electron chi connectivity index (χ0n) is 25.2. The molecule has 0 N–H and O–H groups in total. The minimum Gasteiger partial charge on any atom is -0.140 e. The third-order valence-electron chi connectivity index (χ3n) is 8.28. The Balaban J connectivity index is 1.35. The van der Waals surface area contributed by atoms with Crippen LogP contribution in [-0.2, 0) is 12.8 Å². The molecule has 0 saturated carbocycles. The molecule has 0 amide bonds. The molecule has 214 valence electrons. The van der Waals surface area contributed by atoms with Gasteiger partial charge in [0.1, 0.15) is 0 Å². The van der Waals surface area contributed by atoms with E-state index in [4.69, 9.17) is 0 Å². The topological polar surface area (TPSA) is 0 Å². The summed E-state index contributed by atoms with van der Waals surface area (Å²) in [5.74, 6) is 0. The van der Waals surface area contributed by atoms with Gasteiger partial charge in [-0.2, -0.15) is 0 Å². The van der Waals surface area contributed by atoms with Crippen LogP contribution in [0.2, 0.25) is 0 Å². The van der Waals surface area contributed by atoms with E-state index < -0.39 is 0 Å². The number of rotatable bonds is 19. The summed E-state index contributed by atoms with van der Waals surface area (Å²) in [4.78, 5) is 3.09. The lowest BCUT2D eigenvalue weighted by molar-refractivity contribution is 0.598. The molecule has 2 aromatic carbocycles. The second-order valence-electron chi connectivity index (χ2n) is 11.7. The number of unbranched alkanes of at least 4 members (excludes halogenated alkanes) is 12. The van der Waals surface area contributed by atoms with Gasteiger partial charge >= 0.3 is 0 Å². The van der Waals surface area contributed by atoms with E-state index in [0.717, 1.165) is 0 Å². The van der Waals surface area contributed by atoms with Crippen LogP contribution in [-0.4, -0.2) is 0 Å². The number of fused-ring (bicyclic) bond motifs is 2. The van der Waals surface area contributed by atoms with Gasteiger partial charge in [-0.3, -0.25) is 0 Å². The number of hydrogen-bond acceptors (Lipinski definition) is 2. The Bertz CT molecular complexity index is 1260. The fourth-order valence-corrected chi connectivity index (χ4v) is 8.28. The molecule has 2 heteroatoms. The van der Waals surface area contributed by atoms with Crippen LogP contribution in [0.5, 0.6) is 0 Å². The van der Waals surface area contributed by atoms with E-state index in [1.807, 2.05) is 34.8 Å². The molecule has 0 unspecified atom stereocenters. The second kappa shape index (κ2) is 16.3. The van der Waals surface area contributed by atoms with Crippen molar-refractivity contribution in [2.45, 2.75) is 117 Å². The summed E-state index contributed by atoms with van der Waals surface area (Å²) in [5, 5.41) is 2.83. The average molecular weight is 571 g/mol. The highest BCUT2D eigenvalue weighted by Crippen LogP contribution is 2.38. The molecule has 0 aliphatic carbocycles. The van der Waals surface area contributed by atoms with Crippen LogP contribution in [0.3, 0.4) is 0 Å². The van der Waals surface area contributed by atoms with Crippen molar-refractivity contribution in [1.29, 1.82) is 0 Å². The van der Waals surface area contributed by atoms with Crippen molar-refractivity contribution in [3.05, 3.63) is 82.6 Å². The maximum Gasteiger partial charge on any atom is 0.0348 e. The number of hydrogen-bond donors (Lipinski definition) is 0. The lowest BCUT2D eigenvalue weighted by atomic mass is 9.94. The lowest BCUT2D eigenvalue weighted by Gasteiger charge is -2.10. The highest BCUT2D eigenvalue weighted by atomic mass is 32.1. The molecule has 4 rings (SSSR count). The van der Waals surface area contributed by atoms with Gasteiger partial charge in [-0.1, -0.05) is 63.5 Å². The summed E-state index contributed by atoms with van der Waals surface area (Å²) >= 11 is 4.01. The van der Waals surface area contributed by atoms with Crippen LogP contribution in [0.25, 0.3) is 31.3 Å². The number of benzene rings is 2. The Hall–Kier alpha value is -2.16. The van der Waals surface area contributed by atoms with E-state index >= 15 is 0 Å². The number of allylic oxidation sites excluding steroid dienone is 2. The predicted octanol–water partition coefficient (Wildman–Crippen LogP) is 13.3. The van der Waals surface area contributed by atoms with E-state index in [1.165, 1.54) is 145 Å². The largest absolute Gasteiger partial charge is 0.140 e. The molecule has 40 heavy (non-hydrogen) atoms. The summed E-state index contributed by atoms with van der Waals surface area (Å²) in [5.41, 5.74) is 5.60. The highest BCUT2D eigenvalue weighted by molar-refractivity contribution is 7.19. The van der Waals surface area contributed by atoms with Gasteiger partial charge in [-0.15, -0.1) is 35.8 Å². The molecule has 0 bridgehead atoms. The van der Waals surface area contributed by atoms with Crippen molar-refractivity contribution in [1.82, 2.24) is 0 Å². The molecule has 4 aromatic rings. The first-order chi connectivity index (χ1) is 19.6. The second-order valence-corrected chi connectivity index (χ2v) is 14.1. The fourth-order valence-electron chi connectivity index (χ4n) is 5.90. The van der Waals surface area contributed by atoms with Crippen LogP contribution in [0.1, 0.15) is 111 Å². The van der Waals surface area contributed by atoms with Crippen LogP contribution in [0.15, 0.2) is 61.7 Å². The van der Waals surface area contributed by atoms with Gasteiger partial charge in [0, 0.05) is 19.2 Å². The predicted molar refractivity (Wildman–Crippen MR) is 185 cm³/mol. The van der Waals surface area contributed by atoms with Gasteiger partial charge in [-0.25, -0.2) is 0 Å². The smallest absolute Gasteiger partial charge is 0.0348 e. The summed E-state index contributed by atoms with van der Waals surface area (Å²) in [6.07, 6.45) is 25.0. The van der Waals surface area contributed by atoms with E-state index in [9.17, 15) is 0 Å². The van der Waals surface area contributed by atoms with Gasteiger partial charge < -0.3 is 0 Å². The Labute approximate surface area is 252 Å². The molecule has 0 aliphatic heterocycles. The van der Waals surface area contributed by atoms with Crippen molar-refractivity contribution < 1.29 is 0 Å². The minimum absolute atomic E-state index is 1.17. The lowest BCUT2D eigenvalue weighted by Crippen LogP contribution is -1.87. The molecule has 0 saturated heterocycles. The maximum absolute atomic E-state index is 3.83. The molecule has 0 atom stereocenters. The van der Waals surface area contributed by atoms with E-state index in [2.05, 4.69) is 63.4 Å².